The topological polar surface area (TPSA) is 56.0 Å². The van der Waals surface area contributed by atoms with Gasteiger partial charge in [-0.25, -0.2) is 0 Å². The summed E-state index contributed by atoms with van der Waals surface area (Å²) in [5.74, 6) is 0.0994. The van der Waals surface area contributed by atoms with E-state index >= 15 is 0 Å². The van der Waals surface area contributed by atoms with E-state index in [4.69, 9.17) is 27.7 Å². The van der Waals surface area contributed by atoms with Crippen LogP contribution in [0.1, 0.15) is 29.0 Å². The molecule has 0 spiro atoms. The molecule has 6 heteroatoms. The van der Waals surface area contributed by atoms with Gasteiger partial charge < -0.3 is 4.52 Å². The first-order chi connectivity index (χ1) is 8.08. The number of aromatic nitrogens is 2. The molecule has 1 aromatic heterocycles. The van der Waals surface area contributed by atoms with Crippen LogP contribution in [-0.2, 0) is 6.42 Å². The Hall–Kier alpha value is -1.39. The van der Waals surface area contributed by atoms with E-state index in [1.54, 1.807) is 18.2 Å². The van der Waals surface area contributed by atoms with E-state index in [-0.39, 0.29) is 11.7 Å². The van der Waals surface area contributed by atoms with Crippen LogP contribution in [0, 0.1) is 0 Å². The molecule has 0 amide bonds. The molecule has 0 aliphatic heterocycles. The van der Waals surface area contributed by atoms with Gasteiger partial charge in [-0.15, -0.1) is 0 Å². The van der Waals surface area contributed by atoms with Crippen molar-refractivity contribution < 1.29 is 9.32 Å². The standard InChI is InChI=1S/C11H8Cl2N2O2/c1-6(16)11-14-10(15-17-11)5-7-8(12)3-2-4-9(7)13/h2-4H,5H2,1H3. The summed E-state index contributed by atoms with van der Waals surface area (Å²) in [4.78, 5) is 14.9. The second-order valence-electron chi connectivity index (χ2n) is 3.45. The van der Waals surface area contributed by atoms with Crippen LogP contribution in [0.5, 0.6) is 0 Å². The van der Waals surface area contributed by atoms with Gasteiger partial charge in [0.1, 0.15) is 0 Å². The third-order valence-corrected chi connectivity index (χ3v) is 2.87. The van der Waals surface area contributed by atoms with Crippen LogP contribution >= 0.6 is 23.2 Å². The molecule has 1 aromatic carbocycles. The maximum absolute atomic E-state index is 11.0. The Morgan fingerprint density at radius 3 is 2.53 bits per heavy atom. The van der Waals surface area contributed by atoms with Crippen molar-refractivity contribution in [3.8, 4) is 0 Å². The van der Waals surface area contributed by atoms with Crippen LogP contribution in [-0.4, -0.2) is 15.9 Å². The first-order valence-electron chi connectivity index (χ1n) is 4.84. The van der Waals surface area contributed by atoms with Gasteiger partial charge in [-0.1, -0.05) is 34.4 Å². The average Bonchev–Trinajstić information content (AvgIpc) is 2.72. The zero-order chi connectivity index (χ0) is 12.4. The summed E-state index contributed by atoms with van der Waals surface area (Å²) in [5.41, 5.74) is 0.715. The fraction of sp³-hybridized carbons (Fsp3) is 0.182. The molecule has 88 valence electrons. The van der Waals surface area contributed by atoms with Gasteiger partial charge in [-0.05, 0) is 17.7 Å². The highest BCUT2D eigenvalue weighted by Crippen LogP contribution is 2.26. The molecule has 17 heavy (non-hydrogen) atoms. The Kier molecular flexibility index (Phi) is 3.45. The molecule has 4 nitrogen and oxygen atoms in total. The van der Waals surface area contributed by atoms with E-state index in [1.807, 2.05) is 0 Å². The summed E-state index contributed by atoms with van der Waals surface area (Å²) in [6.45, 7) is 1.36. The van der Waals surface area contributed by atoms with Gasteiger partial charge in [-0.3, -0.25) is 4.79 Å². The third kappa shape index (κ3) is 2.65. The summed E-state index contributed by atoms with van der Waals surface area (Å²) >= 11 is 12.0. The molecule has 0 radical (unpaired) electrons. The maximum atomic E-state index is 11.0. The summed E-state index contributed by atoms with van der Waals surface area (Å²) in [6.07, 6.45) is 0.329. The Morgan fingerprint density at radius 2 is 2.00 bits per heavy atom. The lowest BCUT2D eigenvalue weighted by Gasteiger charge is -2.02. The maximum Gasteiger partial charge on any atom is 0.293 e. The van der Waals surface area contributed by atoms with Gasteiger partial charge in [0, 0.05) is 23.4 Å². The van der Waals surface area contributed by atoms with E-state index in [2.05, 4.69) is 10.1 Å². The molecule has 2 rings (SSSR count). The summed E-state index contributed by atoms with van der Waals surface area (Å²) in [7, 11) is 0. The number of hydrogen-bond acceptors (Lipinski definition) is 4. The van der Waals surface area contributed by atoms with Gasteiger partial charge in [0.2, 0.25) is 5.78 Å². The minimum absolute atomic E-state index is 0.0109. The number of carbonyl (C=O) groups excluding carboxylic acids is 1. The van der Waals surface area contributed by atoms with Crippen molar-refractivity contribution in [1.82, 2.24) is 10.1 Å². The Morgan fingerprint density at radius 1 is 1.35 bits per heavy atom. The highest BCUT2D eigenvalue weighted by atomic mass is 35.5. The van der Waals surface area contributed by atoms with Crippen LogP contribution in [0.2, 0.25) is 10.0 Å². The number of carbonyl (C=O) groups is 1. The molecule has 0 bridgehead atoms. The molecule has 0 aliphatic rings. The van der Waals surface area contributed by atoms with Crippen molar-refractivity contribution >= 4 is 29.0 Å². The fourth-order valence-electron chi connectivity index (χ4n) is 1.33. The minimum Gasteiger partial charge on any atom is -0.331 e. The molecule has 0 atom stereocenters. The van der Waals surface area contributed by atoms with E-state index < -0.39 is 0 Å². The molecular weight excluding hydrogens is 263 g/mol. The van der Waals surface area contributed by atoms with Gasteiger partial charge in [0.05, 0.1) is 0 Å². The SMILES string of the molecule is CC(=O)c1nc(Cc2c(Cl)cccc2Cl)no1. The van der Waals surface area contributed by atoms with Crippen molar-refractivity contribution in [2.24, 2.45) is 0 Å². The number of halogens is 2. The highest BCUT2D eigenvalue weighted by molar-refractivity contribution is 6.36. The van der Waals surface area contributed by atoms with Crippen molar-refractivity contribution in [2.45, 2.75) is 13.3 Å². The predicted molar refractivity (Wildman–Crippen MR) is 63.6 cm³/mol. The lowest BCUT2D eigenvalue weighted by atomic mass is 10.1. The van der Waals surface area contributed by atoms with Crippen molar-refractivity contribution in [3.63, 3.8) is 0 Å². The minimum atomic E-state index is -0.269. The van der Waals surface area contributed by atoms with Crippen LogP contribution < -0.4 is 0 Å². The summed E-state index contributed by atoms with van der Waals surface area (Å²) < 4.78 is 4.78. The van der Waals surface area contributed by atoms with Crippen LogP contribution in [0.25, 0.3) is 0 Å². The number of nitrogens with zero attached hydrogens (tertiary/aromatic N) is 2. The van der Waals surface area contributed by atoms with Crippen LogP contribution in [0.15, 0.2) is 22.7 Å². The van der Waals surface area contributed by atoms with Crippen molar-refractivity contribution in [2.75, 3.05) is 0 Å². The summed E-state index contributed by atoms with van der Waals surface area (Å²) in [6, 6.07) is 5.22. The molecule has 0 unspecified atom stereocenters. The van der Waals surface area contributed by atoms with E-state index in [0.717, 1.165) is 0 Å². The molecule has 2 aromatic rings. The van der Waals surface area contributed by atoms with Crippen LogP contribution in [0.3, 0.4) is 0 Å². The summed E-state index contributed by atoms with van der Waals surface area (Å²) in [5, 5.41) is 4.76. The number of Topliss-reactive ketones (excluding diaryl/α,β-unsaturated/α-hetero) is 1. The second-order valence-corrected chi connectivity index (χ2v) is 4.26. The molecule has 0 saturated carbocycles. The number of hydrogen-bond donors (Lipinski definition) is 0. The first-order valence-corrected chi connectivity index (χ1v) is 5.60. The Labute approximate surface area is 108 Å². The monoisotopic (exact) mass is 270 g/mol. The van der Waals surface area contributed by atoms with E-state index in [0.29, 0.717) is 27.9 Å². The van der Waals surface area contributed by atoms with Crippen molar-refractivity contribution in [1.29, 1.82) is 0 Å². The quantitative estimate of drug-likeness (QED) is 0.804. The normalized spacial score (nSPS) is 10.5. The van der Waals surface area contributed by atoms with Crippen molar-refractivity contribution in [3.05, 3.63) is 45.5 Å². The Balaban J connectivity index is 2.28. The van der Waals surface area contributed by atoms with Gasteiger partial charge in [0.15, 0.2) is 5.82 Å². The highest BCUT2D eigenvalue weighted by Gasteiger charge is 2.13. The smallest absolute Gasteiger partial charge is 0.293 e. The molecule has 0 aliphatic carbocycles. The average molecular weight is 271 g/mol. The zero-order valence-electron chi connectivity index (χ0n) is 8.91. The third-order valence-electron chi connectivity index (χ3n) is 2.17. The predicted octanol–water partition coefficient (Wildman–Crippen LogP) is 3.17. The van der Waals surface area contributed by atoms with Gasteiger partial charge in [0.25, 0.3) is 5.89 Å². The Bertz CT molecular complexity index is 546. The van der Waals surface area contributed by atoms with E-state index in [1.165, 1.54) is 6.92 Å². The molecule has 1 heterocycles. The molecule has 0 fully saturated rings. The lowest BCUT2D eigenvalue weighted by molar-refractivity contribution is 0.0972. The first kappa shape index (κ1) is 12.1. The largest absolute Gasteiger partial charge is 0.331 e. The molecule has 0 N–H and O–H groups in total. The van der Waals surface area contributed by atoms with Gasteiger partial charge in [-0.2, -0.15) is 4.98 Å². The number of rotatable bonds is 3. The second kappa shape index (κ2) is 4.85. The zero-order valence-corrected chi connectivity index (χ0v) is 10.4. The van der Waals surface area contributed by atoms with Gasteiger partial charge >= 0.3 is 0 Å². The van der Waals surface area contributed by atoms with Crippen LogP contribution in [0.4, 0.5) is 0 Å². The fourth-order valence-corrected chi connectivity index (χ4v) is 1.86. The van der Waals surface area contributed by atoms with E-state index in [9.17, 15) is 4.79 Å². The molecule has 0 saturated heterocycles. The number of benzene rings is 1. The lowest BCUT2D eigenvalue weighted by Crippen LogP contribution is -1.95. The number of ketones is 1. The molecular formula is C11H8Cl2N2O2.